The second-order valence-corrected chi connectivity index (χ2v) is 14.8. The third kappa shape index (κ3) is 6.88. The first-order valence-electron chi connectivity index (χ1n) is 16.6. The smallest absolute Gasteiger partial charge is 0.337 e. The Balaban J connectivity index is 1.39. The van der Waals surface area contributed by atoms with Gasteiger partial charge < -0.3 is 19.6 Å². The molecule has 0 unspecified atom stereocenters. The third-order valence-electron chi connectivity index (χ3n) is 9.42. The lowest BCUT2D eigenvalue weighted by Gasteiger charge is -2.41. The largest absolute Gasteiger partial charge is 0.479 e. The van der Waals surface area contributed by atoms with Crippen LogP contribution in [0.25, 0.3) is 16.9 Å². The van der Waals surface area contributed by atoms with Gasteiger partial charge in [-0.1, -0.05) is 32.0 Å². The first-order valence-corrected chi connectivity index (χ1v) is 16.6. The number of aliphatic carboxylic acids is 1. The molecule has 0 spiro atoms. The molecule has 10 nitrogen and oxygen atoms in total. The van der Waals surface area contributed by atoms with Crippen LogP contribution < -0.4 is 9.80 Å². The molecule has 0 bridgehead atoms. The summed E-state index contributed by atoms with van der Waals surface area (Å²) in [5.74, 6) is 0.673. The van der Waals surface area contributed by atoms with E-state index in [-0.39, 0.29) is 5.41 Å². The number of hydrogen-bond donors (Lipinski definition) is 1. The normalized spacial score (nSPS) is 17.0. The van der Waals surface area contributed by atoms with Gasteiger partial charge in [0.2, 0.25) is 0 Å². The minimum atomic E-state index is -1.14. The summed E-state index contributed by atoms with van der Waals surface area (Å²) in [7, 11) is 0. The van der Waals surface area contributed by atoms with Crippen LogP contribution in [0.15, 0.2) is 43.1 Å². The molecule has 4 aromatic rings. The Morgan fingerprint density at radius 3 is 2.32 bits per heavy atom. The van der Waals surface area contributed by atoms with Gasteiger partial charge in [0.15, 0.2) is 6.10 Å². The summed E-state index contributed by atoms with van der Waals surface area (Å²) in [5.41, 5.74) is 8.31. The number of aromatic nitrogens is 5. The number of nitrogens with zero attached hydrogens (tertiary/aromatic N) is 7. The van der Waals surface area contributed by atoms with Gasteiger partial charge in [0.05, 0.1) is 17.0 Å². The van der Waals surface area contributed by atoms with Crippen LogP contribution in [-0.4, -0.2) is 60.8 Å². The molecule has 0 saturated carbocycles. The number of carboxylic acid groups (broad SMARTS) is 1. The number of carboxylic acids is 1. The molecule has 1 fully saturated rings. The number of hydrogen-bond acceptors (Lipinski definition) is 8. The van der Waals surface area contributed by atoms with Gasteiger partial charge in [-0.15, -0.1) is 0 Å². The van der Waals surface area contributed by atoms with Crippen molar-refractivity contribution in [1.82, 2.24) is 24.5 Å². The van der Waals surface area contributed by atoms with Gasteiger partial charge in [-0.25, -0.2) is 19.7 Å². The van der Waals surface area contributed by atoms with E-state index in [1.807, 2.05) is 58.4 Å². The second-order valence-electron chi connectivity index (χ2n) is 14.8. The van der Waals surface area contributed by atoms with Crippen molar-refractivity contribution < 1.29 is 14.6 Å². The SMILES string of the molecule is Cc1cn(-c2cc(N3CCc4cc(-c5c(C)nc(C)c([C@H](OC(C)(C)C)C(=O)O)c5N5CCC(C)(C)CC5)ccc4C3)ncn2)cn1. The van der Waals surface area contributed by atoms with E-state index in [0.29, 0.717) is 11.3 Å². The van der Waals surface area contributed by atoms with E-state index in [1.165, 1.54) is 11.1 Å². The van der Waals surface area contributed by atoms with Crippen LogP contribution in [0.1, 0.15) is 87.3 Å². The fourth-order valence-electron chi connectivity index (χ4n) is 6.86. The lowest BCUT2D eigenvalue weighted by molar-refractivity contribution is -0.160. The monoisotopic (exact) mass is 637 g/mol. The molecule has 0 amide bonds. The summed E-state index contributed by atoms with van der Waals surface area (Å²) in [4.78, 5) is 35.9. The standard InChI is InChI=1S/C37H47N7O3/c1-23-19-44(22-40-23)30-18-29(38-21-39-30)43-14-11-26-17-27(9-10-28(26)20-43)31-24(2)41-25(3)32(34(35(45)46)47-36(4,5)6)33(31)42-15-12-37(7,8)13-16-42/h9-10,17-19,21-22,34H,11-16,20H2,1-8H3,(H,45,46)/t34-/m0/s1. The molecule has 0 aliphatic carbocycles. The molecule has 1 N–H and O–H groups in total. The Hall–Kier alpha value is -4.31. The van der Waals surface area contributed by atoms with E-state index >= 15 is 0 Å². The molecule has 47 heavy (non-hydrogen) atoms. The number of benzene rings is 1. The summed E-state index contributed by atoms with van der Waals surface area (Å²) < 4.78 is 8.18. The Kier molecular flexibility index (Phi) is 8.59. The first-order chi connectivity index (χ1) is 22.2. The summed E-state index contributed by atoms with van der Waals surface area (Å²) in [6.07, 6.45) is 7.11. The highest BCUT2D eigenvalue weighted by Gasteiger charge is 2.36. The van der Waals surface area contributed by atoms with Crippen molar-refractivity contribution >= 4 is 17.5 Å². The first kappa shape index (κ1) is 32.6. The highest BCUT2D eigenvalue weighted by Crippen LogP contribution is 2.45. The van der Waals surface area contributed by atoms with Gasteiger partial charge in [0.1, 0.15) is 24.3 Å². The summed E-state index contributed by atoms with van der Waals surface area (Å²) >= 11 is 0. The summed E-state index contributed by atoms with van der Waals surface area (Å²) in [6, 6.07) is 8.67. The molecule has 5 heterocycles. The van der Waals surface area contributed by atoms with Crippen molar-refractivity contribution in [1.29, 1.82) is 0 Å². The predicted octanol–water partition coefficient (Wildman–Crippen LogP) is 6.78. The highest BCUT2D eigenvalue weighted by atomic mass is 16.5. The zero-order valence-electron chi connectivity index (χ0n) is 29.0. The molecule has 248 valence electrons. The molecular formula is C37H47N7O3. The number of aryl methyl sites for hydroxylation is 3. The molecule has 10 heteroatoms. The lowest BCUT2D eigenvalue weighted by atomic mass is 9.81. The predicted molar refractivity (Wildman–Crippen MR) is 184 cm³/mol. The number of fused-ring (bicyclic) bond motifs is 1. The zero-order chi connectivity index (χ0) is 33.7. The van der Waals surface area contributed by atoms with Gasteiger partial charge in [0, 0.05) is 61.0 Å². The van der Waals surface area contributed by atoms with E-state index < -0.39 is 17.7 Å². The molecule has 2 aliphatic rings. The average molecular weight is 638 g/mol. The average Bonchev–Trinajstić information content (AvgIpc) is 3.45. The van der Waals surface area contributed by atoms with E-state index in [4.69, 9.17) is 9.72 Å². The highest BCUT2D eigenvalue weighted by molar-refractivity contribution is 5.88. The summed E-state index contributed by atoms with van der Waals surface area (Å²) in [6.45, 7) is 19.5. The minimum Gasteiger partial charge on any atom is -0.479 e. The zero-order valence-corrected chi connectivity index (χ0v) is 29.0. The molecular weight excluding hydrogens is 590 g/mol. The minimum absolute atomic E-state index is 0.238. The fraction of sp³-hybridized carbons (Fsp3) is 0.486. The maximum atomic E-state index is 12.9. The van der Waals surface area contributed by atoms with Crippen LogP contribution in [0, 0.1) is 26.2 Å². The van der Waals surface area contributed by atoms with Crippen molar-refractivity contribution in [3.05, 3.63) is 76.9 Å². The van der Waals surface area contributed by atoms with Crippen molar-refractivity contribution in [2.24, 2.45) is 5.41 Å². The van der Waals surface area contributed by atoms with E-state index in [2.05, 4.69) is 56.8 Å². The number of ether oxygens (including phenoxy) is 1. The molecule has 0 radical (unpaired) electrons. The van der Waals surface area contributed by atoms with E-state index in [9.17, 15) is 9.90 Å². The quantitative estimate of drug-likeness (QED) is 0.235. The van der Waals surface area contributed by atoms with Gasteiger partial charge in [-0.3, -0.25) is 9.55 Å². The number of anilines is 2. The number of imidazole rings is 1. The molecule has 6 rings (SSSR count). The number of carbonyl (C=O) groups is 1. The third-order valence-corrected chi connectivity index (χ3v) is 9.42. The van der Waals surface area contributed by atoms with Crippen molar-refractivity contribution in [2.45, 2.75) is 92.9 Å². The fourth-order valence-corrected chi connectivity index (χ4v) is 6.86. The van der Waals surface area contributed by atoms with E-state index in [0.717, 1.165) is 85.3 Å². The Morgan fingerprint density at radius 1 is 0.936 bits per heavy atom. The number of piperidine rings is 1. The lowest BCUT2D eigenvalue weighted by Crippen LogP contribution is -2.39. The van der Waals surface area contributed by atoms with Crippen LogP contribution in [0.5, 0.6) is 0 Å². The van der Waals surface area contributed by atoms with E-state index in [1.54, 1.807) is 12.7 Å². The Labute approximate surface area is 277 Å². The molecule has 2 aliphatic heterocycles. The van der Waals surface area contributed by atoms with Gasteiger partial charge in [-0.05, 0) is 82.9 Å². The van der Waals surface area contributed by atoms with Crippen molar-refractivity contribution in [3.63, 3.8) is 0 Å². The van der Waals surface area contributed by atoms with Crippen LogP contribution in [0.4, 0.5) is 11.5 Å². The van der Waals surface area contributed by atoms with Gasteiger partial charge in [0.25, 0.3) is 0 Å². The van der Waals surface area contributed by atoms with Gasteiger partial charge in [-0.2, -0.15) is 0 Å². The van der Waals surface area contributed by atoms with Crippen LogP contribution in [0.2, 0.25) is 0 Å². The maximum absolute atomic E-state index is 12.9. The Bertz CT molecular complexity index is 1800. The molecule has 1 atom stereocenters. The van der Waals surface area contributed by atoms with Gasteiger partial charge >= 0.3 is 5.97 Å². The number of rotatable bonds is 7. The van der Waals surface area contributed by atoms with Crippen molar-refractivity contribution in [3.8, 4) is 16.9 Å². The Morgan fingerprint density at radius 2 is 1.66 bits per heavy atom. The molecule has 3 aromatic heterocycles. The molecule has 1 aromatic carbocycles. The second kappa shape index (κ2) is 12.4. The maximum Gasteiger partial charge on any atom is 0.337 e. The topological polar surface area (TPSA) is 110 Å². The van der Waals surface area contributed by atoms with Crippen molar-refractivity contribution in [2.75, 3.05) is 29.4 Å². The number of pyridine rings is 1. The van der Waals surface area contributed by atoms with Crippen LogP contribution in [-0.2, 0) is 22.5 Å². The molecule has 1 saturated heterocycles. The van der Waals surface area contributed by atoms with Crippen LogP contribution in [0.3, 0.4) is 0 Å². The summed E-state index contributed by atoms with van der Waals surface area (Å²) in [5, 5.41) is 10.5. The van der Waals surface area contributed by atoms with Crippen LogP contribution >= 0.6 is 0 Å².